The molecule has 1 heteroatoms. The molecule has 0 bridgehead atoms. The van der Waals surface area contributed by atoms with Crippen LogP contribution in [0.3, 0.4) is 0 Å². The van der Waals surface area contributed by atoms with Gasteiger partial charge in [0.2, 0.25) is 0 Å². The topological polar surface area (TPSA) is 17.1 Å². The minimum absolute atomic E-state index is 0.307. The molecule has 1 aromatic carbocycles. The van der Waals surface area contributed by atoms with Gasteiger partial charge in [0.05, 0.1) is 0 Å². The van der Waals surface area contributed by atoms with Gasteiger partial charge >= 0.3 is 0 Å². The lowest BCUT2D eigenvalue weighted by atomic mass is 10.0. The average Bonchev–Trinajstić information content (AvgIpc) is 2.28. The second kappa shape index (κ2) is 2.44. The van der Waals surface area contributed by atoms with Gasteiger partial charge in [-0.15, -0.1) is 0 Å². The standard InChI is InChI=1S/C11H12O/c1-7-3-4-9-8(2)6-11(12)10(9)5-7/h3-5,8H,6H2,1-2H3/t8-/m0/s1. The Labute approximate surface area is 72.4 Å². The van der Waals surface area contributed by atoms with Crippen molar-refractivity contribution in [3.63, 3.8) is 0 Å². The highest BCUT2D eigenvalue weighted by Gasteiger charge is 2.25. The first-order valence-corrected chi connectivity index (χ1v) is 4.32. The van der Waals surface area contributed by atoms with Crippen LogP contribution in [0.1, 0.15) is 40.7 Å². The van der Waals surface area contributed by atoms with Crippen LogP contribution in [0.5, 0.6) is 0 Å². The lowest BCUT2D eigenvalue weighted by Crippen LogP contribution is -1.90. The molecule has 1 aromatic rings. The number of benzene rings is 1. The Morgan fingerprint density at radius 1 is 1.42 bits per heavy atom. The Hall–Kier alpha value is -1.11. The molecule has 0 fully saturated rings. The highest BCUT2D eigenvalue weighted by atomic mass is 16.1. The Morgan fingerprint density at radius 2 is 2.17 bits per heavy atom. The van der Waals surface area contributed by atoms with Crippen molar-refractivity contribution in [2.75, 3.05) is 0 Å². The van der Waals surface area contributed by atoms with E-state index in [2.05, 4.69) is 19.1 Å². The van der Waals surface area contributed by atoms with E-state index in [1.807, 2.05) is 13.0 Å². The summed E-state index contributed by atoms with van der Waals surface area (Å²) >= 11 is 0. The highest BCUT2D eigenvalue weighted by Crippen LogP contribution is 2.32. The molecule has 0 heterocycles. The van der Waals surface area contributed by atoms with Crippen LogP contribution in [-0.2, 0) is 0 Å². The fraction of sp³-hybridized carbons (Fsp3) is 0.364. The van der Waals surface area contributed by atoms with Crippen LogP contribution in [0.2, 0.25) is 0 Å². The van der Waals surface area contributed by atoms with Gasteiger partial charge < -0.3 is 0 Å². The summed E-state index contributed by atoms with van der Waals surface area (Å²) in [6, 6.07) is 6.16. The van der Waals surface area contributed by atoms with Gasteiger partial charge in [-0.2, -0.15) is 0 Å². The number of hydrogen-bond donors (Lipinski definition) is 0. The molecule has 1 nitrogen and oxygen atoms in total. The van der Waals surface area contributed by atoms with Gasteiger partial charge in [-0.3, -0.25) is 4.79 Å². The Kier molecular flexibility index (Phi) is 1.53. The molecule has 0 saturated carbocycles. The van der Waals surface area contributed by atoms with Crippen LogP contribution in [0.4, 0.5) is 0 Å². The number of aryl methyl sites for hydroxylation is 1. The SMILES string of the molecule is Cc1ccc2c(c1)C(=O)C[C@@H]2C. The molecule has 1 aliphatic carbocycles. The van der Waals surface area contributed by atoms with Crippen molar-refractivity contribution < 1.29 is 4.79 Å². The highest BCUT2D eigenvalue weighted by molar-refractivity contribution is 6.01. The van der Waals surface area contributed by atoms with E-state index in [0.717, 1.165) is 5.56 Å². The smallest absolute Gasteiger partial charge is 0.163 e. The molecule has 62 valence electrons. The molecule has 1 atom stereocenters. The normalized spacial score (nSPS) is 21.2. The van der Waals surface area contributed by atoms with Crippen molar-refractivity contribution in [2.45, 2.75) is 26.2 Å². The zero-order valence-electron chi connectivity index (χ0n) is 7.42. The summed E-state index contributed by atoms with van der Waals surface area (Å²) < 4.78 is 0. The second-order valence-corrected chi connectivity index (χ2v) is 3.62. The van der Waals surface area contributed by atoms with Crippen LogP contribution in [-0.4, -0.2) is 5.78 Å². The molecule has 1 aliphatic rings. The number of hydrogen-bond acceptors (Lipinski definition) is 1. The maximum atomic E-state index is 11.4. The van der Waals surface area contributed by atoms with Crippen molar-refractivity contribution in [1.29, 1.82) is 0 Å². The van der Waals surface area contributed by atoms with Gasteiger partial charge in [0.15, 0.2) is 5.78 Å². The predicted octanol–water partition coefficient (Wildman–Crippen LogP) is 2.68. The van der Waals surface area contributed by atoms with Gasteiger partial charge in [-0.1, -0.05) is 24.6 Å². The number of carbonyl (C=O) groups is 1. The third-order valence-corrected chi connectivity index (χ3v) is 2.53. The van der Waals surface area contributed by atoms with E-state index in [9.17, 15) is 4.79 Å². The molecule has 0 aliphatic heterocycles. The summed E-state index contributed by atoms with van der Waals surface area (Å²) in [4.78, 5) is 11.4. The number of carbonyl (C=O) groups excluding carboxylic acids is 1. The van der Waals surface area contributed by atoms with E-state index in [1.165, 1.54) is 11.1 Å². The molecular formula is C11H12O. The molecule has 2 rings (SSSR count). The molecule has 0 unspecified atom stereocenters. The van der Waals surface area contributed by atoms with Gasteiger partial charge in [-0.05, 0) is 24.5 Å². The van der Waals surface area contributed by atoms with Gasteiger partial charge in [0.25, 0.3) is 0 Å². The minimum Gasteiger partial charge on any atom is -0.294 e. The summed E-state index contributed by atoms with van der Waals surface area (Å²) in [5.41, 5.74) is 3.35. The molecule has 0 saturated heterocycles. The third-order valence-electron chi connectivity index (χ3n) is 2.53. The Balaban J connectivity index is 2.60. The second-order valence-electron chi connectivity index (χ2n) is 3.62. The summed E-state index contributed by atoms with van der Waals surface area (Å²) in [5, 5.41) is 0. The van der Waals surface area contributed by atoms with Gasteiger partial charge in [0.1, 0.15) is 0 Å². The summed E-state index contributed by atoms with van der Waals surface area (Å²) in [7, 11) is 0. The predicted molar refractivity (Wildman–Crippen MR) is 48.5 cm³/mol. The molecule has 0 aromatic heterocycles. The van der Waals surface area contributed by atoms with Crippen molar-refractivity contribution in [2.24, 2.45) is 0 Å². The maximum Gasteiger partial charge on any atom is 0.163 e. The quantitative estimate of drug-likeness (QED) is 0.570. The van der Waals surface area contributed by atoms with Gasteiger partial charge in [0, 0.05) is 12.0 Å². The average molecular weight is 160 g/mol. The van der Waals surface area contributed by atoms with E-state index in [0.29, 0.717) is 18.1 Å². The number of ketones is 1. The van der Waals surface area contributed by atoms with E-state index >= 15 is 0 Å². The molecular weight excluding hydrogens is 148 g/mol. The lowest BCUT2D eigenvalue weighted by Gasteiger charge is -2.02. The largest absolute Gasteiger partial charge is 0.294 e. The molecule has 0 radical (unpaired) electrons. The maximum absolute atomic E-state index is 11.4. The first kappa shape index (κ1) is 7.53. The van der Waals surface area contributed by atoms with Crippen LogP contribution in [0, 0.1) is 6.92 Å². The third kappa shape index (κ3) is 0.970. The van der Waals surface area contributed by atoms with Crippen LogP contribution < -0.4 is 0 Å². The zero-order valence-corrected chi connectivity index (χ0v) is 7.42. The number of fused-ring (bicyclic) bond motifs is 1. The van der Waals surface area contributed by atoms with Crippen molar-refractivity contribution in [3.05, 3.63) is 34.9 Å². The number of rotatable bonds is 0. The van der Waals surface area contributed by atoms with E-state index in [-0.39, 0.29) is 0 Å². The van der Waals surface area contributed by atoms with Crippen LogP contribution >= 0.6 is 0 Å². The summed E-state index contributed by atoms with van der Waals surface area (Å²) in [6.45, 7) is 4.13. The van der Waals surface area contributed by atoms with E-state index < -0.39 is 0 Å². The molecule has 12 heavy (non-hydrogen) atoms. The van der Waals surface area contributed by atoms with E-state index in [1.54, 1.807) is 0 Å². The minimum atomic E-state index is 0.307. The molecule has 0 N–H and O–H groups in total. The van der Waals surface area contributed by atoms with Crippen LogP contribution in [0.15, 0.2) is 18.2 Å². The summed E-state index contributed by atoms with van der Waals surface area (Å²) in [6.07, 6.45) is 0.693. The number of Topliss-reactive ketones (excluding diaryl/α,β-unsaturated/α-hetero) is 1. The monoisotopic (exact) mass is 160 g/mol. The van der Waals surface area contributed by atoms with Crippen molar-refractivity contribution in [3.8, 4) is 0 Å². The van der Waals surface area contributed by atoms with E-state index in [4.69, 9.17) is 0 Å². The first-order chi connectivity index (χ1) is 5.68. The zero-order chi connectivity index (χ0) is 8.72. The Morgan fingerprint density at radius 3 is 2.92 bits per heavy atom. The first-order valence-electron chi connectivity index (χ1n) is 4.32. The fourth-order valence-electron chi connectivity index (χ4n) is 1.84. The fourth-order valence-corrected chi connectivity index (χ4v) is 1.84. The van der Waals surface area contributed by atoms with Crippen molar-refractivity contribution >= 4 is 5.78 Å². The molecule has 0 amide bonds. The van der Waals surface area contributed by atoms with Gasteiger partial charge in [-0.25, -0.2) is 0 Å². The van der Waals surface area contributed by atoms with Crippen molar-refractivity contribution in [1.82, 2.24) is 0 Å². The Bertz CT molecular complexity index is 339. The summed E-state index contributed by atoms with van der Waals surface area (Å²) in [5.74, 6) is 0.731. The molecule has 0 spiro atoms. The lowest BCUT2D eigenvalue weighted by molar-refractivity contribution is 0.0990. The van der Waals surface area contributed by atoms with Crippen LogP contribution in [0.25, 0.3) is 0 Å².